The number of ether oxygens (including phenoxy) is 5. The number of nitrogens with one attached hydrogen (secondary N) is 1. The van der Waals surface area contributed by atoms with Gasteiger partial charge in [0.2, 0.25) is 0 Å². The third-order valence-corrected chi connectivity index (χ3v) is 5.39. The lowest BCUT2D eigenvalue weighted by Gasteiger charge is -2.09. The van der Waals surface area contributed by atoms with Crippen molar-refractivity contribution in [1.82, 2.24) is 15.3 Å². The van der Waals surface area contributed by atoms with Gasteiger partial charge in [0, 0.05) is 13.7 Å². The Balaban J connectivity index is 1.53. The van der Waals surface area contributed by atoms with Crippen LogP contribution in [0.1, 0.15) is 28.9 Å². The third kappa shape index (κ3) is 13.4. The largest absolute Gasteiger partial charge is 0.491 e. The van der Waals surface area contributed by atoms with E-state index in [1.54, 1.807) is 7.11 Å². The fourth-order valence-electron chi connectivity index (χ4n) is 3.12. The van der Waals surface area contributed by atoms with E-state index < -0.39 is 5.91 Å². The van der Waals surface area contributed by atoms with Gasteiger partial charge in [-0.05, 0) is 37.0 Å². The van der Waals surface area contributed by atoms with Crippen LogP contribution in [0.4, 0.5) is 11.6 Å². The Bertz CT molecular complexity index is 1030. The lowest BCUT2D eigenvalue weighted by atomic mass is 10.1. The molecule has 0 saturated carbocycles. The average molecular weight is 568 g/mol. The zero-order valence-electron chi connectivity index (χ0n) is 22.2. The highest BCUT2D eigenvalue weighted by molar-refractivity contribution is 6.31. The van der Waals surface area contributed by atoms with Gasteiger partial charge < -0.3 is 40.9 Å². The number of carbonyl (C=O) groups is 1. The first-order chi connectivity index (χ1) is 18.9. The fraction of sp³-hybridized carbons (Fsp3) is 0.520. The lowest BCUT2D eigenvalue weighted by molar-refractivity contribution is 0.000163. The van der Waals surface area contributed by atoms with E-state index in [0.717, 1.165) is 25.0 Å². The van der Waals surface area contributed by atoms with Gasteiger partial charge in [-0.15, -0.1) is 0 Å². The summed E-state index contributed by atoms with van der Waals surface area (Å²) >= 11 is 5.79. The number of nitrogens with zero attached hydrogens (tertiary/aromatic N) is 3. The zero-order valence-corrected chi connectivity index (χ0v) is 23.0. The number of hydrogen-bond acceptors (Lipinski definition) is 11. The number of aromatic nitrogens is 2. The quantitative estimate of drug-likeness (QED) is 0.109. The monoisotopic (exact) mass is 567 g/mol. The number of rotatable bonds is 19. The predicted octanol–water partition coefficient (Wildman–Crippen LogP) is 1.44. The smallest absolute Gasteiger partial charge is 0.280 e. The first-order valence-electron chi connectivity index (χ1n) is 12.5. The van der Waals surface area contributed by atoms with Crippen molar-refractivity contribution >= 4 is 35.1 Å². The topological polar surface area (TPSA) is 191 Å². The van der Waals surface area contributed by atoms with Crippen molar-refractivity contribution in [1.29, 1.82) is 0 Å². The fourth-order valence-corrected chi connectivity index (χ4v) is 3.25. The number of methoxy groups -OCH3 is 1. The second kappa shape index (κ2) is 18.9. The van der Waals surface area contributed by atoms with Crippen molar-refractivity contribution in [3.05, 3.63) is 40.7 Å². The molecule has 14 heteroatoms. The standard InChI is InChI=1S/C25H38ClN7O6/c1-35-10-11-36-12-13-37-14-15-38-16-17-39-19-7-5-18(6-8-19)4-2-3-9-30-25(29)33-24(34)20-22(27)32-23(28)21(26)31-20/h5-8H,2-4,9-17H2,1H3,(H4,27,28,32)(H3,29,30,33,34). The lowest BCUT2D eigenvalue weighted by Crippen LogP contribution is -2.38. The van der Waals surface area contributed by atoms with Crippen molar-refractivity contribution < 1.29 is 28.5 Å². The molecule has 0 saturated heterocycles. The number of anilines is 2. The number of aliphatic imine (C=N–C) groups is 1. The molecule has 0 aliphatic heterocycles. The predicted molar refractivity (Wildman–Crippen MR) is 149 cm³/mol. The summed E-state index contributed by atoms with van der Waals surface area (Å²) in [6, 6.07) is 7.93. The highest BCUT2D eigenvalue weighted by atomic mass is 35.5. The molecule has 0 unspecified atom stereocenters. The first kappa shape index (κ1) is 32.0. The van der Waals surface area contributed by atoms with Gasteiger partial charge in [-0.2, -0.15) is 0 Å². The van der Waals surface area contributed by atoms with Crippen LogP contribution < -0.4 is 27.3 Å². The summed E-state index contributed by atoms with van der Waals surface area (Å²) in [5.41, 5.74) is 18.0. The van der Waals surface area contributed by atoms with Gasteiger partial charge in [0.1, 0.15) is 12.4 Å². The van der Waals surface area contributed by atoms with Gasteiger partial charge in [-0.25, -0.2) is 9.97 Å². The highest BCUT2D eigenvalue weighted by Gasteiger charge is 2.16. The number of amides is 1. The van der Waals surface area contributed by atoms with Gasteiger partial charge in [-0.3, -0.25) is 15.1 Å². The van der Waals surface area contributed by atoms with E-state index in [9.17, 15) is 4.79 Å². The normalized spacial score (nSPS) is 11.5. The molecule has 0 aliphatic rings. The van der Waals surface area contributed by atoms with Crippen molar-refractivity contribution in [2.24, 2.45) is 10.7 Å². The number of halogens is 1. The maximum absolute atomic E-state index is 12.2. The number of nitrogens with two attached hydrogens (primary N) is 3. The van der Waals surface area contributed by atoms with E-state index in [1.807, 2.05) is 24.3 Å². The van der Waals surface area contributed by atoms with Crippen LogP contribution in [0, 0.1) is 0 Å². The molecule has 7 N–H and O–H groups in total. The van der Waals surface area contributed by atoms with Gasteiger partial charge in [0.25, 0.3) is 5.91 Å². The molecule has 13 nitrogen and oxygen atoms in total. The molecule has 0 spiro atoms. The minimum Gasteiger partial charge on any atom is -0.491 e. The Morgan fingerprint density at radius 2 is 1.51 bits per heavy atom. The molecule has 2 rings (SSSR count). The van der Waals surface area contributed by atoms with E-state index in [2.05, 4.69) is 20.3 Å². The van der Waals surface area contributed by atoms with Crippen LogP contribution in [-0.2, 0) is 25.4 Å². The van der Waals surface area contributed by atoms with E-state index in [0.29, 0.717) is 59.4 Å². The van der Waals surface area contributed by atoms with Gasteiger partial charge in [0.15, 0.2) is 28.4 Å². The molecule has 1 aromatic carbocycles. The molecule has 0 bridgehead atoms. The minimum atomic E-state index is -0.665. The van der Waals surface area contributed by atoms with Crippen molar-refractivity contribution in [3.63, 3.8) is 0 Å². The van der Waals surface area contributed by atoms with E-state index in [4.69, 9.17) is 52.5 Å². The molecule has 39 heavy (non-hydrogen) atoms. The number of guanidine groups is 1. The summed E-state index contributed by atoms with van der Waals surface area (Å²) in [4.78, 5) is 24.0. The van der Waals surface area contributed by atoms with Crippen LogP contribution in [0.5, 0.6) is 5.75 Å². The summed E-state index contributed by atoms with van der Waals surface area (Å²) in [5, 5.41) is 2.29. The van der Waals surface area contributed by atoms with Gasteiger partial charge >= 0.3 is 0 Å². The zero-order chi connectivity index (χ0) is 28.3. The van der Waals surface area contributed by atoms with Crippen molar-refractivity contribution in [3.8, 4) is 5.75 Å². The Kier molecular flexibility index (Phi) is 15.5. The molecule has 0 aliphatic carbocycles. The number of benzene rings is 1. The maximum Gasteiger partial charge on any atom is 0.280 e. The van der Waals surface area contributed by atoms with Crippen molar-refractivity contribution in [2.45, 2.75) is 19.3 Å². The molecule has 1 aromatic heterocycles. The highest BCUT2D eigenvalue weighted by Crippen LogP contribution is 2.17. The number of hydrogen-bond donors (Lipinski definition) is 4. The molecule has 0 atom stereocenters. The van der Waals surface area contributed by atoms with Crippen LogP contribution in [-0.4, -0.2) is 88.3 Å². The van der Waals surface area contributed by atoms with Gasteiger partial charge in [-0.1, -0.05) is 23.7 Å². The SMILES string of the molecule is COCCOCCOCCOCCOc1ccc(CCCCN=C(N)NC(=O)c2nc(Cl)c(N)nc2N)cc1. The number of nitrogen functional groups attached to an aromatic ring is 2. The molecular weight excluding hydrogens is 530 g/mol. The average Bonchev–Trinajstić information content (AvgIpc) is 2.91. The number of unbranched alkanes of at least 4 members (excludes halogenated alkanes) is 1. The third-order valence-electron chi connectivity index (χ3n) is 5.11. The Morgan fingerprint density at radius 1 is 0.897 bits per heavy atom. The Hall–Kier alpha value is -3.23. The summed E-state index contributed by atoms with van der Waals surface area (Å²) in [6.45, 7) is 4.63. The Labute approximate surface area is 233 Å². The summed E-state index contributed by atoms with van der Waals surface area (Å²) in [6.07, 6.45) is 2.55. The van der Waals surface area contributed by atoms with Crippen LogP contribution in [0.25, 0.3) is 0 Å². The Morgan fingerprint density at radius 3 is 2.15 bits per heavy atom. The van der Waals surface area contributed by atoms with Crippen molar-refractivity contribution in [2.75, 3.05) is 78.0 Å². The molecule has 1 amide bonds. The van der Waals surface area contributed by atoms with Crippen LogP contribution >= 0.6 is 11.6 Å². The number of carbonyl (C=O) groups excluding carboxylic acids is 1. The summed E-state index contributed by atoms with van der Waals surface area (Å²) < 4.78 is 26.8. The minimum absolute atomic E-state index is 0.0459. The van der Waals surface area contributed by atoms with Crippen LogP contribution in [0.15, 0.2) is 29.3 Å². The molecule has 1 heterocycles. The molecule has 0 radical (unpaired) electrons. The second-order valence-corrected chi connectivity index (χ2v) is 8.49. The van der Waals surface area contributed by atoms with E-state index >= 15 is 0 Å². The first-order valence-corrected chi connectivity index (χ1v) is 12.9. The molecular formula is C25H38ClN7O6. The van der Waals surface area contributed by atoms with Crippen LogP contribution in [0.2, 0.25) is 5.15 Å². The summed E-state index contributed by atoms with van der Waals surface area (Å²) in [7, 11) is 1.64. The summed E-state index contributed by atoms with van der Waals surface area (Å²) in [5.74, 6) is -0.136. The maximum atomic E-state index is 12.2. The molecule has 2 aromatic rings. The molecule has 216 valence electrons. The second-order valence-electron chi connectivity index (χ2n) is 8.13. The number of aryl methyl sites for hydroxylation is 1. The van der Waals surface area contributed by atoms with Gasteiger partial charge in [0.05, 0.1) is 46.2 Å². The van der Waals surface area contributed by atoms with Crippen LogP contribution in [0.3, 0.4) is 0 Å². The molecule has 0 fully saturated rings. The van der Waals surface area contributed by atoms with E-state index in [-0.39, 0.29) is 28.4 Å². The van der Waals surface area contributed by atoms with E-state index in [1.165, 1.54) is 5.56 Å².